The van der Waals surface area contributed by atoms with Crippen molar-refractivity contribution >= 4 is 27.5 Å². The van der Waals surface area contributed by atoms with Crippen LogP contribution in [0.25, 0.3) is 0 Å². The summed E-state index contributed by atoms with van der Waals surface area (Å²) in [5, 5.41) is 2.92. The second kappa shape index (κ2) is 13.2. The molecule has 0 spiro atoms. The number of carbonyl (C=O) groups is 2. The summed E-state index contributed by atoms with van der Waals surface area (Å²) < 4.78 is 40.7. The van der Waals surface area contributed by atoms with E-state index in [1.807, 2.05) is 74.5 Å². The maximum absolute atomic E-state index is 14.6. The van der Waals surface area contributed by atoms with Crippen LogP contribution < -0.4 is 9.62 Å². The Bertz CT molecular complexity index is 1320. The molecule has 1 N–H and O–H groups in total. The molecular weight excluding hydrogens is 505 g/mol. The average Bonchev–Trinajstić information content (AvgIpc) is 2.89. The van der Waals surface area contributed by atoms with Crippen LogP contribution in [0.5, 0.6) is 0 Å². The van der Waals surface area contributed by atoms with Gasteiger partial charge in [-0.05, 0) is 29.2 Å². The lowest BCUT2D eigenvalue weighted by atomic mass is 10.0. The Morgan fingerprint density at radius 3 is 1.97 bits per heavy atom. The molecule has 0 aliphatic heterocycles. The molecule has 3 aromatic carbocycles. The normalized spacial score (nSPS) is 12.1. The van der Waals surface area contributed by atoms with Gasteiger partial charge in [-0.25, -0.2) is 12.8 Å². The smallest absolute Gasteiger partial charge is 0.244 e. The maximum atomic E-state index is 14.6. The lowest BCUT2D eigenvalue weighted by Gasteiger charge is -2.33. The molecule has 0 fully saturated rings. The third-order valence-corrected chi connectivity index (χ3v) is 7.08. The van der Waals surface area contributed by atoms with Crippen molar-refractivity contribution in [1.82, 2.24) is 10.2 Å². The molecule has 3 rings (SSSR count). The molecule has 0 radical (unpaired) electrons. The number of benzene rings is 3. The molecular formula is C29H34FN3O4S. The molecule has 7 nitrogen and oxygen atoms in total. The van der Waals surface area contributed by atoms with Crippen molar-refractivity contribution in [1.29, 1.82) is 0 Å². The predicted octanol–water partition coefficient (Wildman–Crippen LogP) is 4.00. The zero-order valence-corrected chi connectivity index (χ0v) is 22.7. The summed E-state index contributed by atoms with van der Waals surface area (Å²) in [6, 6.07) is 22.9. The van der Waals surface area contributed by atoms with Crippen LogP contribution in [0.4, 0.5) is 10.1 Å². The van der Waals surface area contributed by atoms with Gasteiger partial charge in [0.15, 0.2) is 0 Å². The molecule has 2 amide bonds. The van der Waals surface area contributed by atoms with Gasteiger partial charge in [0.2, 0.25) is 21.8 Å². The third-order valence-electron chi connectivity index (χ3n) is 5.95. The van der Waals surface area contributed by atoms with Crippen molar-refractivity contribution in [2.24, 2.45) is 5.92 Å². The Morgan fingerprint density at radius 2 is 1.42 bits per heavy atom. The van der Waals surface area contributed by atoms with Crippen LogP contribution in [-0.4, -0.2) is 50.5 Å². The molecule has 202 valence electrons. The number of halogens is 1. The van der Waals surface area contributed by atoms with Gasteiger partial charge in [-0.2, -0.15) is 0 Å². The molecule has 38 heavy (non-hydrogen) atoms. The van der Waals surface area contributed by atoms with Crippen molar-refractivity contribution in [3.63, 3.8) is 0 Å². The molecule has 0 saturated heterocycles. The van der Waals surface area contributed by atoms with Crippen molar-refractivity contribution < 1.29 is 22.4 Å². The van der Waals surface area contributed by atoms with Gasteiger partial charge in [0.05, 0.1) is 11.9 Å². The van der Waals surface area contributed by atoms with Crippen LogP contribution in [0.2, 0.25) is 0 Å². The number of rotatable bonds is 12. The highest BCUT2D eigenvalue weighted by molar-refractivity contribution is 7.92. The van der Waals surface area contributed by atoms with E-state index in [9.17, 15) is 22.4 Å². The fourth-order valence-electron chi connectivity index (χ4n) is 4.01. The average molecular weight is 540 g/mol. The lowest BCUT2D eigenvalue weighted by Crippen LogP contribution is -2.53. The van der Waals surface area contributed by atoms with Crippen molar-refractivity contribution in [2.45, 2.75) is 32.9 Å². The molecule has 0 unspecified atom stereocenters. The van der Waals surface area contributed by atoms with E-state index in [1.54, 1.807) is 0 Å². The van der Waals surface area contributed by atoms with E-state index in [-0.39, 0.29) is 30.5 Å². The van der Waals surface area contributed by atoms with E-state index < -0.39 is 34.3 Å². The standard InChI is InChI=1S/C29H34FN3O4S/c1-22(2)19-31-29(35)27(18-23-12-6-4-7-13-23)32(20-24-14-8-5-9-15-24)28(34)21-33(38(3,36)37)26-17-11-10-16-25(26)30/h4-17,22,27H,18-21H2,1-3H3,(H,31,35)/t27-/m0/s1. The van der Waals surface area contributed by atoms with Gasteiger partial charge in [0.1, 0.15) is 18.4 Å². The van der Waals surface area contributed by atoms with Gasteiger partial charge in [0.25, 0.3) is 0 Å². The van der Waals surface area contributed by atoms with Crippen LogP contribution in [0, 0.1) is 11.7 Å². The van der Waals surface area contributed by atoms with Crippen LogP contribution in [0.15, 0.2) is 84.9 Å². The first-order valence-electron chi connectivity index (χ1n) is 12.4. The number of sulfonamides is 1. The molecule has 0 saturated carbocycles. The Labute approximate surface area is 224 Å². The van der Waals surface area contributed by atoms with E-state index in [2.05, 4.69) is 5.32 Å². The number of carbonyl (C=O) groups excluding carboxylic acids is 2. The van der Waals surface area contributed by atoms with E-state index >= 15 is 0 Å². The van der Waals surface area contributed by atoms with E-state index in [0.717, 1.165) is 27.8 Å². The van der Waals surface area contributed by atoms with Crippen LogP contribution in [0.3, 0.4) is 0 Å². The zero-order valence-electron chi connectivity index (χ0n) is 21.9. The molecule has 1 atom stereocenters. The fourth-order valence-corrected chi connectivity index (χ4v) is 4.86. The number of hydrogen-bond donors (Lipinski definition) is 1. The van der Waals surface area contributed by atoms with Gasteiger partial charge in [-0.15, -0.1) is 0 Å². The first-order chi connectivity index (χ1) is 18.1. The zero-order chi connectivity index (χ0) is 27.7. The van der Waals surface area contributed by atoms with Gasteiger partial charge in [-0.3, -0.25) is 13.9 Å². The molecule has 0 aliphatic rings. The molecule has 3 aromatic rings. The molecule has 0 aliphatic carbocycles. The molecule has 0 aromatic heterocycles. The second-order valence-corrected chi connectivity index (χ2v) is 11.5. The number of amides is 2. The van der Waals surface area contributed by atoms with E-state index in [0.29, 0.717) is 6.54 Å². The van der Waals surface area contributed by atoms with Crippen LogP contribution in [0.1, 0.15) is 25.0 Å². The Hall–Kier alpha value is -3.72. The van der Waals surface area contributed by atoms with Gasteiger partial charge < -0.3 is 10.2 Å². The van der Waals surface area contributed by atoms with Gasteiger partial charge >= 0.3 is 0 Å². The molecule has 0 bridgehead atoms. The monoisotopic (exact) mass is 539 g/mol. The topological polar surface area (TPSA) is 86.8 Å². The minimum absolute atomic E-state index is 0.0706. The number of hydrogen-bond acceptors (Lipinski definition) is 4. The number of nitrogens with zero attached hydrogens (tertiary/aromatic N) is 2. The molecule has 0 heterocycles. The summed E-state index contributed by atoms with van der Waals surface area (Å²) in [6.45, 7) is 3.77. The molecule has 9 heteroatoms. The van der Waals surface area contributed by atoms with Crippen molar-refractivity contribution in [2.75, 3.05) is 23.7 Å². The second-order valence-electron chi connectivity index (χ2n) is 9.57. The highest BCUT2D eigenvalue weighted by Gasteiger charge is 2.33. The summed E-state index contributed by atoms with van der Waals surface area (Å²) in [7, 11) is -4.02. The quantitative estimate of drug-likeness (QED) is 0.377. The highest BCUT2D eigenvalue weighted by Crippen LogP contribution is 2.23. The number of para-hydroxylation sites is 1. The summed E-state index contributed by atoms with van der Waals surface area (Å²) in [6.07, 6.45) is 1.15. The maximum Gasteiger partial charge on any atom is 0.244 e. The minimum atomic E-state index is -4.02. The summed E-state index contributed by atoms with van der Waals surface area (Å²) in [5.74, 6) is -1.54. The first kappa shape index (κ1) is 28.8. The van der Waals surface area contributed by atoms with Crippen LogP contribution >= 0.6 is 0 Å². The fraction of sp³-hybridized carbons (Fsp3) is 0.310. The van der Waals surface area contributed by atoms with Crippen LogP contribution in [-0.2, 0) is 32.6 Å². The minimum Gasteiger partial charge on any atom is -0.354 e. The SMILES string of the molecule is CC(C)CNC(=O)[C@H](Cc1ccccc1)N(Cc1ccccc1)C(=O)CN(c1ccccc1F)S(C)(=O)=O. The van der Waals surface area contributed by atoms with E-state index in [4.69, 9.17) is 0 Å². The Balaban J connectivity index is 2.03. The summed E-state index contributed by atoms with van der Waals surface area (Å²) in [5.41, 5.74) is 1.39. The van der Waals surface area contributed by atoms with Gasteiger partial charge in [0, 0.05) is 19.5 Å². The number of nitrogens with one attached hydrogen (secondary N) is 1. The van der Waals surface area contributed by atoms with Gasteiger partial charge in [-0.1, -0.05) is 86.6 Å². The largest absolute Gasteiger partial charge is 0.354 e. The Morgan fingerprint density at radius 1 is 0.868 bits per heavy atom. The lowest BCUT2D eigenvalue weighted by molar-refractivity contribution is -0.140. The van der Waals surface area contributed by atoms with E-state index in [1.165, 1.54) is 23.1 Å². The Kier molecular flexibility index (Phi) is 10.0. The summed E-state index contributed by atoms with van der Waals surface area (Å²) in [4.78, 5) is 28.8. The first-order valence-corrected chi connectivity index (χ1v) is 14.3. The van der Waals surface area contributed by atoms with Crippen molar-refractivity contribution in [3.8, 4) is 0 Å². The third kappa shape index (κ3) is 8.14. The predicted molar refractivity (Wildman–Crippen MR) is 147 cm³/mol. The number of anilines is 1. The summed E-state index contributed by atoms with van der Waals surface area (Å²) >= 11 is 0. The highest BCUT2D eigenvalue weighted by atomic mass is 32.2. The van der Waals surface area contributed by atoms with Crippen molar-refractivity contribution in [3.05, 3.63) is 102 Å².